The first-order valence-corrected chi connectivity index (χ1v) is 8.90. The number of hydrogen-bond acceptors (Lipinski definition) is 3. The van der Waals surface area contributed by atoms with Crippen LogP contribution in [0.3, 0.4) is 0 Å². The number of aromatic nitrogens is 2. The highest BCUT2D eigenvalue weighted by Crippen LogP contribution is 2.22. The van der Waals surface area contributed by atoms with Gasteiger partial charge in [0.05, 0.1) is 12.1 Å². The highest BCUT2D eigenvalue weighted by Gasteiger charge is 2.08. The summed E-state index contributed by atoms with van der Waals surface area (Å²) in [5.41, 5.74) is 10.1. The zero-order valence-corrected chi connectivity index (χ0v) is 15.3. The van der Waals surface area contributed by atoms with Gasteiger partial charge in [0.25, 0.3) is 0 Å². The molecule has 2 aromatic carbocycles. The van der Waals surface area contributed by atoms with Crippen LogP contribution >= 0.6 is 11.6 Å². The Balaban J connectivity index is 1.87. The van der Waals surface area contributed by atoms with Crippen molar-refractivity contribution in [3.05, 3.63) is 82.3 Å². The Hall–Kier alpha value is -2.72. The van der Waals surface area contributed by atoms with Crippen LogP contribution in [0.25, 0.3) is 11.3 Å². The fourth-order valence-electron chi connectivity index (χ4n) is 2.78. The van der Waals surface area contributed by atoms with Crippen LogP contribution < -0.4 is 5.73 Å². The molecule has 3 aromatic rings. The van der Waals surface area contributed by atoms with Crippen molar-refractivity contribution in [3.63, 3.8) is 0 Å². The molecule has 5 heteroatoms. The molecule has 1 amide bonds. The van der Waals surface area contributed by atoms with E-state index >= 15 is 0 Å². The fourth-order valence-corrected chi connectivity index (χ4v) is 2.97. The van der Waals surface area contributed by atoms with Crippen molar-refractivity contribution in [1.82, 2.24) is 9.97 Å². The molecule has 3 rings (SSSR count). The number of halogens is 1. The first-order valence-electron chi connectivity index (χ1n) is 8.52. The number of hydrogen-bond donors (Lipinski definition) is 1. The molecular weight excluding hydrogens is 346 g/mol. The predicted octanol–water partition coefficient (Wildman–Crippen LogP) is 3.98. The first-order chi connectivity index (χ1) is 12.5. The maximum absolute atomic E-state index is 11.0. The van der Waals surface area contributed by atoms with Gasteiger partial charge in [-0.15, -0.1) is 0 Å². The first kappa shape index (κ1) is 18.1. The number of primary amides is 1. The van der Waals surface area contributed by atoms with E-state index in [2.05, 4.69) is 9.97 Å². The van der Waals surface area contributed by atoms with E-state index in [0.717, 1.165) is 40.3 Å². The number of nitrogens with zero attached hydrogens (tertiary/aromatic N) is 2. The standard InChI is InChI=1S/C21H20ClN3O/c1-2-21-24-18(10-14-6-8-15(9-7-14)11-20(23)26)13-19(25-21)16-4-3-5-17(22)12-16/h3-9,12-13H,2,10-11H2,1H3,(H2,23,26). The van der Waals surface area contributed by atoms with Gasteiger partial charge in [-0.1, -0.05) is 54.9 Å². The molecule has 0 fully saturated rings. The number of carbonyl (C=O) groups excluding carboxylic acids is 1. The summed E-state index contributed by atoms with van der Waals surface area (Å²) >= 11 is 6.11. The Labute approximate surface area is 158 Å². The van der Waals surface area contributed by atoms with E-state index < -0.39 is 0 Å². The number of nitrogens with two attached hydrogens (primary N) is 1. The van der Waals surface area contributed by atoms with Gasteiger partial charge in [0.15, 0.2) is 0 Å². The van der Waals surface area contributed by atoms with Crippen LogP contribution in [0.15, 0.2) is 54.6 Å². The van der Waals surface area contributed by atoms with E-state index in [4.69, 9.17) is 17.3 Å². The van der Waals surface area contributed by atoms with Gasteiger partial charge in [0.2, 0.25) is 5.91 Å². The van der Waals surface area contributed by atoms with E-state index in [1.807, 2.05) is 61.5 Å². The third-order valence-corrected chi connectivity index (χ3v) is 4.28. The number of aryl methyl sites for hydroxylation is 1. The lowest BCUT2D eigenvalue weighted by molar-refractivity contribution is -0.117. The number of rotatable bonds is 6. The van der Waals surface area contributed by atoms with E-state index in [1.165, 1.54) is 0 Å². The van der Waals surface area contributed by atoms with Crippen LogP contribution in [0.5, 0.6) is 0 Å². The van der Waals surface area contributed by atoms with Gasteiger partial charge >= 0.3 is 0 Å². The number of carbonyl (C=O) groups is 1. The predicted molar refractivity (Wildman–Crippen MR) is 104 cm³/mol. The SMILES string of the molecule is CCc1nc(Cc2ccc(CC(N)=O)cc2)cc(-c2cccc(Cl)c2)n1. The van der Waals surface area contributed by atoms with Crippen LogP contribution in [0.1, 0.15) is 29.6 Å². The molecule has 0 saturated heterocycles. The van der Waals surface area contributed by atoms with Gasteiger partial charge in [0, 0.05) is 29.1 Å². The Morgan fingerprint density at radius 1 is 1.04 bits per heavy atom. The molecule has 2 N–H and O–H groups in total. The third-order valence-electron chi connectivity index (χ3n) is 4.05. The zero-order chi connectivity index (χ0) is 18.5. The van der Waals surface area contributed by atoms with E-state index in [9.17, 15) is 4.79 Å². The lowest BCUT2D eigenvalue weighted by Gasteiger charge is -2.09. The smallest absolute Gasteiger partial charge is 0.221 e. The summed E-state index contributed by atoms with van der Waals surface area (Å²) in [6.45, 7) is 2.04. The average Bonchev–Trinajstić information content (AvgIpc) is 2.62. The minimum atomic E-state index is -0.327. The monoisotopic (exact) mass is 365 g/mol. The van der Waals surface area contributed by atoms with Crippen molar-refractivity contribution in [2.75, 3.05) is 0 Å². The molecule has 26 heavy (non-hydrogen) atoms. The lowest BCUT2D eigenvalue weighted by Crippen LogP contribution is -2.13. The van der Waals surface area contributed by atoms with Crippen molar-refractivity contribution in [3.8, 4) is 11.3 Å². The molecule has 0 spiro atoms. The highest BCUT2D eigenvalue weighted by molar-refractivity contribution is 6.30. The Morgan fingerprint density at radius 3 is 2.42 bits per heavy atom. The minimum absolute atomic E-state index is 0.257. The van der Waals surface area contributed by atoms with Gasteiger partial charge in [-0.05, 0) is 29.3 Å². The summed E-state index contributed by atoms with van der Waals surface area (Å²) in [6, 6.07) is 17.5. The molecule has 0 unspecified atom stereocenters. The van der Waals surface area contributed by atoms with Crippen LogP contribution in [-0.4, -0.2) is 15.9 Å². The Bertz CT molecular complexity index is 923. The van der Waals surface area contributed by atoms with Gasteiger partial charge < -0.3 is 5.73 Å². The normalized spacial score (nSPS) is 10.7. The van der Waals surface area contributed by atoms with Crippen molar-refractivity contribution in [2.45, 2.75) is 26.2 Å². The van der Waals surface area contributed by atoms with Crippen molar-refractivity contribution < 1.29 is 4.79 Å². The molecular formula is C21H20ClN3O. The Kier molecular flexibility index (Phi) is 5.64. The second kappa shape index (κ2) is 8.11. The molecule has 0 aliphatic rings. The third kappa shape index (κ3) is 4.67. The maximum Gasteiger partial charge on any atom is 0.221 e. The van der Waals surface area contributed by atoms with Gasteiger partial charge in [-0.25, -0.2) is 9.97 Å². The number of benzene rings is 2. The van der Waals surface area contributed by atoms with Gasteiger partial charge in [-0.2, -0.15) is 0 Å². The largest absolute Gasteiger partial charge is 0.369 e. The average molecular weight is 366 g/mol. The molecule has 132 valence electrons. The Morgan fingerprint density at radius 2 is 1.77 bits per heavy atom. The highest BCUT2D eigenvalue weighted by atomic mass is 35.5. The summed E-state index contributed by atoms with van der Waals surface area (Å²) in [5.74, 6) is 0.482. The second-order valence-electron chi connectivity index (χ2n) is 6.16. The summed E-state index contributed by atoms with van der Waals surface area (Å²) < 4.78 is 0. The van der Waals surface area contributed by atoms with Crippen molar-refractivity contribution in [1.29, 1.82) is 0 Å². The molecule has 1 aromatic heterocycles. The maximum atomic E-state index is 11.0. The van der Waals surface area contributed by atoms with E-state index in [1.54, 1.807) is 0 Å². The van der Waals surface area contributed by atoms with Crippen molar-refractivity contribution >= 4 is 17.5 Å². The van der Waals surface area contributed by atoms with Gasteiger partial charge in [0.1, 0.15) is 5.82 Å². The molecule has 0 saturated carbocycles. The van der Waals surface area contributed by atoms with Crippen LogP contribution in [0.4, 0.5) is 0 Å². The minimum Gasteiger partial charge on any atom is -0.369 e. The number of amides is 1. The van der Waals surface area contributed by atoms with E-state index in [0.29, 0.717) is 11.4 Å². The summed E-state index contributed by atoms with van der Waals surface area (Å²) in [7, 11) is 0. The summed E-state index contributed by atoms with van der Waals surface area (Å²) in [6.07, 6.45) is 1.71. The van der Waals surface area contributed by atoms with Crippen LogP contribution in [0.2, 0.25) is 5.02 Å². The molecule has 0 bridgehead atoms. The quantitative estimate of drug-likeness (QED) is 0.718. The molecule has 0 aliphatic heterocycles. The molecule has 1 heterocycles. The summed E-state index contributed by atoms with van der Waals surface area (Å²) in [5, 5.41) is 0.686. The summed E-state index contributed by atoms with van der Waals surface area (Å²) in [4.78, 5) is 20.3. The lowest BCUT2D eigenvalue weighted by atomic mass is 10.0. The van der Waals surface area contributed by atoms with Crippen molar-refractivity contribution in [2.24, 2.45) is 5.73 Å². The van der Waals surface area contributed by atoms with E-state index in [-0.39, 0.29) is 12.3 Å². The fraction of sp³-hybridized carbons (Fsp3) is 0.190. The molecule has 4 nitrogen and oxygen atoms in total. The van der Waals surface area contributed by atoms with Crippen LogP contribution in [0, 0.1) is 0 Å². The second-order valence-corrected chi connectivity index (χ2v) is 6.60. The topological polar surface area (TPSA) is 68.9 Å². The van der Waals surface area contributed by atoms with Crippen LogP contribution in [-0.2, 0) is 24.1 Å². The van der Waals surface area contributed by atoms with Gasteiger partial charge in [-0.3, -0.25) is 4.79 Å². The molecule has 0 radical (unpaired) electrons. The molecule has 0 aliphatic carbocycles. The zero-order valence-electron chi connectivity index (χ0n) is 14.6. The molecule has 0 atom stereocenters.